The van der Waals surface area contributed by atoms with Gasteiger partial charge in [-0.2, -0.15) is 0 Å². The van der Waals surface area contributed by atoms with Gasteiger partial charge in [-0.05, 0) is 39.5 Å². The summed E-state index contributed by atoms with van der Waals surface area (Å²) in [6.45, 7) is 10.2. The Labute approximate surface area is 107 Å². The molecule has 0 radical (unpaired) electrons. The van der Waals surface area contributed by atoms with Crippen molar-refractivity contribution in [3.63, 3.8) is 0 Å². The van der Waals surface area contributed by atoms with Crippen LogP contribution in [0, 0.1) is 5.92 Å². The lowest BCUT2D eigenvalue weighted by Crippen LogP contribution is -2.25. The van der Waals surface area contributed by atoms with Gasteiger partial charge in [0.25, 0.3) is 0 Å². The quantitative estimate of drug-likeness (QED) is 0.576. The van der Waals surface area contributed by atoms with Crippen molar-refractivity contribution < 1.29 is 9.53 Å². The van der Waals surface area contributed by atoms with E-state index in [-0.39, 0.29) is 11.6 Å². The van der Waals surface area contributed by atoms with Crippen molar-refractivity contribution in [3.05, 3.63) is 0 Å². The second-order valence-electron chi connectivity index (χ2n) is 5.94. The van der Waals surface area contributed by atoms with Crippen LogP contribution >= 0.6 is 0 Å². The van der Waals surface area contributed by atoms with Gasteiger partial charge in [-0.3, -0.25) is 4.79 Å². The van der Waals surface area contributed by atoms with Gasteiger partial charge in [-0.1, -0.05) is 39.5 Å². The van der Waals surface area contributed by atoms with Gasteiger partial charge >= 0.3 is 5.97 Å². The highest BCUT2D eigenvalue weighted by Gasteiger charge is 2.19. The van der Waals surface area contributed by atoms with E-state index in [0.29, 0.717) is 12.3 Å². The fourth-order valence-electron chi connectivity index (χ4n) is 1.95. The Balaban J connectivity index is 4.07. The number of esters is 1. The molecule has 0 aromatic rings. The van der Waals surface area contributed by atoms with Crippen molar-refractivity contribution >= 4 is 5.97 Å². The van der Waals surface area contributed by atoms with E-state index in [9.17, 15) is 4.79 Å². The summed E-state index contributed by atoms with van der Waals surface area (Å²) in [5.74, 6) is 0.486. The molecule has 0 N–H and O–H groups in total. The molecule has 102 valence electrons. The van der Waals surface area contributed by atoms with Crippen LogP contribution < -0.4 is 0 Å². The molecule has 0 aliphatic heterocycles. The van der Waals surface area contributed by atoms with E-state index < -0.39 is 0 Å². The monoisotopic (exact) mass is 242 g/mol. The predicted molar refractivity (Wildman–Crippen MR) is 73.0 cm³/mol. The molecule has 0 heterocycles. The van der Waals surface area contributed by atoms with Crippen LogP contribution in [0.2, 0.25) is 0 Å². The number of carbonyl (C=O) groups excluding carboxylic acids is 1. The molecule has 0 aliphatic carbocycles. The van der Waals surface area contributed by atoms with Crippen LogP contribution in [0.1, 0.15) is 79.6 Å². The third-order valence-corrected chi connectivity index (χ3v) is 2.81. The first-order chi connectivity index (χ1) is 7.89. The van der Waals surface area contributed by atoms with E-state index in [2.05, 4.69) is 13.8 Å². The van der Waals surface area contributed by atoms with E-state index in [1.54, 1.807) is 0 Å². The summed E-state index contributed by atoms with van der Waals surface area (Å²) in [4.78, 5) is 11.8. The number of hydrogen-bond donors (Lipinski definition) is 0. The lowest BCUT2D eigenvalue weighted by Gasteiger charge is -2.22. The third kappa shape index (κ3) is 10.3. The van der Waals surface area contributed by atoms with Gasteiger partial charge in [0.2, 0.25) is 0 Å². The highest BCUT2D eigenvalue weighted by Crippen LogP contribution is 2.21. The minimum atomic E-state index is -0.350. The number of hydrogen-bond acceptors (Lipinski definition) is 2. The summed E-state index contributed by atoms with van der Waals surface area (Å²) in [6, 6.07) is 0. The van der Waals surface area contributed by atoms with Crippen molar-refractivity contribution in [1.29, 1.82) is 0 Å². The summed E-state index contributed by atoms with van der Waals surface area (Å²) in [7, 11) is 0. The Morgan fingerprint density at radius 2 is 1.53 bits per heavy atom. The minimum absolute atomic E-state index is 0.0327. The van der Waals surface area contributed by atoms with Crippen molar-refractivity contribution in [2.75, 3.05) is 0 Å². The molecule has 0 spiro atoms. The van der Waals surface area contributed by atoms with Crippen LogP contribution in [-0.2, 0) is 9.53 Å². The van der Waals surface area contributed by atoms with E-state index in [1.807, 2.05) is 20.8 Å². The fraction of sp³-hybridized carbons (Fsp3) is 0.933. The third-order valence-electron chi connectivity index (χ3n) is 2.81. The van der Waals surface area contributed by atoms with Crippen molar-refractivity contribution in [2.24, 2.45) is 5.92 Å². The second-order valence-corrected chi connectivity index (χ2v) is 5.94. The van der Waals surface area contributed by atoms with Crippen LogP contribution in [-0.4, -0.2) is 11.6 Å². The van der Waals surface area contributed by atoms with Gasteiger partial charge in [0.15, 0.2) is 0 Å². The van der Waals surface area contributed by atoms with Crippen LogP contribution in [0.5, 0.6) is 0 Å². The Hall–Kier alpha value is -0.530. The molecule has 17 heavy (non-hydrogen) atoms. The SMILES string of the molecule is CCCCC(CCCC)CC(=O)OC(C)(C)C. The first-order valence-corrected chi connectivity index (χ1v) is 7.10. The molecule has 0 aromatic carbocycles. The Kier molecular flexibility index (Phi) is 8.28. The molecule has 0 aromatic heterocycles. The number of ether oxygens (including phenoxy) is 1. The summed E-state index contributed by atoms with van der Waals surface area (Å²) >= 11 is 0. The molecule has 2 nitrogen and oxygen atoms in total. The first-order valence-electron chi connectivity index (χ1n) is 7.10. The topological polar surface area (TPSA) is 26.3 Å². The zero-order valence-electron chi connectivity index (χ0n) is 12.3. The molecule has 0 unspecified atom stereocenters. The highest BCUT2D eigenvalue weighted by molar-refractivity contribution is 5.70. The van der Waals surface area contributed by atoms with Crippen LogP contribution in [0.25, 0.3) is 0 Å². The van der Waals surface area contributed by atoms with E-state index in [1.165, 1.54) is 25.7 Å². The van der Waals surface area contributed by atoms with Gasteiger partial charge in [0, 0.05) is 6.42 Å². The van der Waals surface area contributed by atoms with Gasteiger partial charge in [0.1, 0.15) is 5.60 Å². The van der Waals surface area contributed by atoms with Crippen molar-refractivity contribution in [2.45, 2.75) is 85.2 Å². The standard InChI is InChI=1S/C15H30O2/c1-6-8-10-13(11-9-7-2)12-14(16)17-15(3,4)5/h13H,6-12H2,1-5H3. The number of unbranched alkanes of at least 4 members (excludes halogenated alkanes) is 2. The molecule has 0 atom stereocenters. The Morgan fingerprint density at radius 1 is 1.06 bits per heavy atom. The van der Waals surface area contributed by atoms with E-state index in [4.69, 9.17) is 4.74 Å². The lowest BCUT2D eigenvalue weighted by atomic mass is 9.93. The Morgan fingerprint density at radius 3 is 1.88 bits per heavy atom. The summed E-state index contributed by atoms with van der Waals surface area (Å²) in [5.41, 5.74) is -0.350. The van der Waals surface area contributed by atoms with E-state index in [0.717, 1.165) is 12.8 Å². The maximum Gasteiger partial charge on any atom is 0.306 e. The van der Waals surface area contributed by atoms with Crippen molar-refractivity contribution in [1.82, 2.24) is 0 Å². The summed E-state index contributed by atoms with van der Waals surface area (Å²) in [5, 5.41) is 0. The molecular weight excluding hydrogens is 212 g/mol. The maximum atomic E-state index is 11.8. The molecule has 0 bridgehead atoms. The molecule has 0 saturated heterocycles. The molecule has 2 heteroatoms. The molecule has 0 fully saturated rings. The predicted octanol–water partition coefficient (Wildman–Crippen LogP) is 4.71. The second kappa shape index (κ2) is 8.54. The van der Waals surface area contributed by atoms with Crippen LogP contribution in [0.3, 0.4) is 0 Å². The Bertz CT molecular complexity index is 195. The molecule has 0 amide bonds. The minimum Gasteiger partial charge on any atom is -0.460 e. The van der Waals surface area contributed by atoms with Gasteiger partial charge < -0.3 is 4.74 Å². The van der Waals surface area contributed by atoms with E-state index >= 15 is 0 Å². The summed E-state index contributed by atoms with van der Waals surface area (Å²) < 4.78 is 5.39. The van der Waals surface area contributed by atoms with Crippen LogP contribution in [0.4, 0.5) is 0 Å². The normalized spacial score (nSPS) is 11.9. The smallest absolute Gasteiger partial charge is 0.306 e. The zero-order valence-corrected chi connectivity index (χ0v) is 12.3. The largest absolute Gasteiger partial charge is 0.460 e. The van der Waals surface area contributed by atoms with Crippen LogP contribution in [0.15, 0.2) is 0 Å². The van der Waals surface area contributed by atoms with Gasteiger partial charge in [0.05, 0.1) is 0 Å². The van der Waals surface area contributed by atoms with Gasteiger partial charge in [-0.15, -0.1) is 0 Å². The molecular formula is C15H30O2. The highest BCUT2D eigenvalue weighted by atomic mass is 16.6. The lowest BCUT2D eigenvalue weighted by molar-refractivity contribution is -0.156. The summed E-state index contributed by atoms with van der Waals surface area (Å²) in [6.07, 6.45) is 7.77. The average molecular weight is 242 g/mol. The first kappa shape index (κ1) is 16.5. The fourth-order valence-corrected chi connectivity index (χ4v) is 1.95. The molecule has 0 aliphatic rings. The van der Waals surface area contributed by atoms with Gasteiger partial charge in [-0.25, -0.2) is 0 Å². The molecule has 0 saturated carbocycles. The zero-order chi connectivity index (χ0) is 13.3. The number of carbonyl (C=O) groups is 1. The number of rotatable bonds is 8. The maximum absolute atomic E-state index is 11.8. The van der Waals surface area contributed by atoms with Crippen molar-refractivity contribution in [3.8, 4) is 0 Å². The average Bonchev–Trinajstić information content (AvgIpc) is 2.19. The molecule has 0 rings (SSSR count).